The maximum Gasteiger partial charge on any atom is 0.198 e. The van der Waals surface area contributed by atoms with Crippen molar-refractivity contribution >= 4 is 11.1 Å². The molecule has 0 amide bonds. The van der Waals surface area contributed by atoms with Gasteiger partial charge in [0.05, 0.1) is 12.7 Å². The summed E-state index contributed by atoms with van der Waals surface area (Å²) in [5.41, 5.74) is 1.99. The Kier molecular flexibility index (Phi) is 4.34. The molecule has 0 spiro atoms. The van der Waals surface area contributed by atoms with E-state index in [9.17, 15) is 5.11 Å². The molecule has 5 nitrogen and oxygen atoms in total. The van der Waals surface area contributed by atoms with Crippen LogP contribution in [0.25, 0.3) is 11.1 Å². The number of aliphatic hydroxyl groups is 1. The highest BCUT2D eigenvalue weighted by Gasteiger charge is 2.36. The van der Waals surface area contributed by atoms with Crippen molar-refractivity contribution in [1.29, 1.82) is 0 Å². The largest absolute Gasteiger partial charge is 0.493 e. The Morgan fingerprint density at radius 3 is 2.87 bits per heavy atom. The molecule has 23 heavy (non-hydrogen) atoms. The van der Waals surface area contributed by atoms with Crippen molar-refractivity contribution in [2.75, 3.05) is 7.11 Å². The van der Waals surface area contributed by atoms with E-state index < -0.39 is 5.60 Å². The zero-order chi connectivity index (χ0) is 16.6. The Labute approximate surface area is 137 Å². The molecule has 1 aromatic carbocycles. The van der Waals surface area contributed by atoms with Crippen LogP contribution in [0, 0.1) is 0 Å². The van der Waals surface area contributed by atoms with Crippen LogP contribution in [-0.2, 0) is 6.54 Å². The highest BCUT2D eigenvalue weighted by atomic mass is 16.5. The number of aromatic nitrogens is 1. The fraction of sp³-hybridized carbons (Fsp3) is 0.611. The number of ether oxygens (including phenoxy) is 1. The van der Waals surface area contributed by atoms with Gasteiger partial charge in [-0.2, -0.15) is 0 Å². The summed E-state index contributed by atoms with van der Waals surface area (Å²) in [5.74, 6) is 1.67. The van der Waals surface area contributed by atoms with Crippen LogP contribution in [0.15, 0.2) is 16.5 Å². The number of nitrogens with zero attached hydrogens (tertiary/aromatic N) is 1. The van der Waals surface area contributed by atoms with Crippen LogP contribution < -0.4 is 10.1 Å². The number of oxazole rings is 1. The molecule has 0 bridgehead atoms. The fourth-order valence-electron chi connectivity index (χ4n) is 3.29. The Balaban J connectivity index is 1.83. The lowest BCUT2D eigenvalue weighted by molar-refractivity contribution is 0.0387. The van der Waals surface area contributed by atoms with Crippen LogP contribution in [-0.4, -0.2) is 28.8 Å². The molecule has 5 heteroatoms. The number of hydrogen-bond acceptors (Lipinski definition) is 5. The lowest BCUT2D eigenvalue weighted by Crippen LogP contribution is -2.44. The van der Waals surface area contributed by atoms with Gasteiger partial charge in [-0.25, -0.2) is 4.98 Å². The van der Waals surface area contributed by atoms with Crippen molar-refractivity contribution in [2.45, 2.75) is 64.1 Å². The number of rotatable bonds is 5. The van der Waals surface area contributed by atoms with Gasteiger partial charge in [-0.15, -0.1) is 0 Å². The first-order valence-electron chi connectivity index (χ1n) is 8.34. The molecule has 2 aromatic rings. The predicted octanol–water partition coefficient (Wildman–Crippen LogP) is 3.35. The Morgan fingerprint density at radius 2 is 2.26 bits per heavy atom. The highest BCUT2D eigenvalue weighted by molar-refractivity contribution is 5.80. The first kappa shape index (κ1) is 16.3. The summed E-state index contributed by atoms with van der Waals surface area (Å²) >= 11 is 0. The van der Waals surface area contributed by atoms with E-state index in [0.29, 0.717) is 17.9 Å². The average Bonchev–Trinajstić information content (AvgIpc) is 3.07. The van der Waals surface area contributed by atoms with Crippen molar-refractivity contribution in [3.8, 4) is 5.75 Å². The summed E-state index contributed by atoms with van der Waals surface area (Å²) in [6, 6.07) is 4.14. The van der Waals surface area contributed by atoms with Gasteiger partial charge in [-0.3, -0.25) is 0 Å². The van der Waals surface area contributed by atoms with Crippen molar-refractivity contribution in [1.82, 2.24) is 10.3 Å². The van der Waals surface area contributed by atoms with Gasteiger partial charge in [-0.1, -0.05) is 13.8 Å². The van der Waals surface area contributed by atoms with Crippen LogP contribution in [0.4, 0.5) is 0 Å². The van der Waals surface area contributed by atoms with Gasteiger partial charge >= 0.3 is 0 Å². The maximum absolute atomic E-state index is 10.4. The quantitative estimate of drug-likeness (QED) is 0.885. The van der Waals surface area contributed by atoms with E-state index in [4.69, 9.17) is 9.15 Å². The first-order chi connectivity index (χ1) is 10.9. The number of benzene rings is 1. The summed E-state index contributed by atoms with van der Waals surface area (Å²) in [6.45, 7) is 6.70. The van der Waals surface area contributed by atoms with E-state index in [1.807, 2.05) is 19.1 Å². The summed E-state index contributed by atoms with van der Waals surface area (Å²) in [6.07, 6.45) is 2.93. The van der Waals surface area contributed by atoms with Crippen LogP contribution in [0.2, 0.25) is 0 Å². The fourth-order valence-corrected chi connectivity index (χ4v) is 3.29. The van der Waals surface area contributed by atoms with Crippen LogP contribution in [0.5, 0.6) is 5.75 Å². The second-order valence-corrected chi connectivity index (χ2v) is 7.04. The Bertz CT molecular complexity index is 691. The van der Waals surface area contributed by atoms with Crippen molar-refractivity contribution < 1.29 is 14.3 Å². The van der Waals surface area contributed by atoms with E-state index in [-0.39, 0.29) is 12.0 Å². The lowest BCUT2D eigenvalue weighted by Gasteiger charge is -2.26. The van der Waals surface area contributed by atoms with E-state index in [2.05, 4.69) is 24.1 Å². The highest BCUT2D eigenvalue weighted by Crippen LogP contribution is 2.32. The lowest BCUT2D eigenvalue weighted by atomic mass is 10.0. The molecular weight excluding hydrogens is 292 g/mol. The molecule has 0 unspecified atom stereocenters. The Morgan fingerprint density at radius 1 is 1.48 bits per heavy atom. The minimum Gasteiger partial charge on any atom is -0.493 e. The molecule has 1 aliphatic carbocycles. The molecule has 1 heterocycles. The molecule has 1 saturated carbocycles. The van der Waals surface area contributed by atoms with Gasteiger partial charge < -0.3 is 19.6 Å². The zero-order valence-corrected chi connectivity index (χ0v) is 14.3. The molecule has 0 saturated heterocycles. The molecule has 2 N–H and O–H groups in total. The van der Waals surface area contributed by atoms with Crippen molar-refractivity contribution in [2.24, 2.45) is 0 Å². The number of methoxy groups -OCH3 is 1. The van der Waals surface area contributed by atoms with Crippen LogP contribution in [0.1, 0.15) is 57.4 Å². The van der Waals surface area contributed by atoms with Gasteiger partial charge in [0.15, 0.2) is 17.2 Å². The van der Waals surface area contributed by atoms with Gasteiger partial charge in [0.25, 0.3) is 0 Å². The smallest absolute Gasteiger partial charge is 0.198 e. The van der Waals surface area contributed by atoms with Crippen molar-refractivity contribution in [3.63, 3.8) is 0 Å². The second kappa shape index (κ2) is 6.13. The molecule has 1 aromatic heterocycles. The third kappa shape index (κ3) is 3.21. The van der Waals surface area contributed by atoms with Gasteiger partial charge in [0.1, 0.15) is 5.52 Å². The van der Waals surface area contributed by atoms with Gasteiger partial charge in [0, 0.05) is 18.5 Å². The number of hydrogen-bond donors (Lipinski definition) is 2. The minimum atomic E-state index is -0.618. The molecule has 3 rings (SSSR count). The van der Waals surface area contributed by atoms with Crippen LogP contribution >= 0.6 is 0 Å². The SMILES string of the molecule is COc1cc(CN[C@@H]2CCC[C@]2(C)O)cc2nc(C(C)C)oc12. The van der Waals surface area contributed by atoms with Crippen molar-refractivity contribution in [3.05, 3.63) is 23.6 Å². The third-order valence-electron chi connectivity index (χ3n) is 4.73. The normalized spacial score (nSPS) is 24.7. The minimum absolute atomic E-state index is 0.132. The molecule has 0 radical (unpaired) electrons. The molecule has 1 fully saturated rings. The summed E-state index contributed by atoms with van der Waals surface area (Å²) < 4.78 is 11.3. The molecule has 1 aliphatic rings. The van der Waals surface area contributed by atoms with Crippen LogP contribution in [0.3, 0.4) is 0 Å². The molecule has 2 atom stereocenters. The number of fused-ring (bicyclic) bond motifs is 1. The van der Waals surface area contributed by atoms with E-state index in [0.717, 1.165) is 36.2 Å². The average molecular weight is 318 g/mol. The zero-order valence-electron chi connectivity index (χ0n) is 14.3. The summed E-state index contributed by atoms with van der Waals surface area (Å²) in [7, 11) is 1.64. The topological polar surface area (TPSA) is 67.5 Å². The van der Waals surface area contributed by atoms with E-state index >= 15 is 0 Å². The monoisotopic (exact) mass is 318 g/mol. The molecule has 126 valence electrons. The van der Waals surface area contributed by atoms with E-state index in [1.54, 1.807) is 7.11 Å². The first-order valence-corrected chi connectivity index (χ1v) is 8.34. The van der Waals surface area contributed by atoms with Gasteiger partial charge in [0.2, 0.25) is 0 Å². The third-order valence-corrected chi connectivity index (χ3v) is 4.73. The van der Waals surface area contributed by atoms with E-state index in [1.165, 1.54) is 0 Å². The number of nitrogens with one attached hydrogen (secondary N) is 1. The molecular formula is C18H26N2O3. The maximum atomic E-state index is 10.4. The summed E-state index contributed by atoms with van der Waals surface area (Å²) in [5, 5.41) is 13.8. The predicted molar refractivity (Wildman–Crippen MR) is 89.8 cm³/mol. The Hall–Kier alpha value is -1.59. The standard InChI is InChI=1S/C18H26N2O3/c1-11(2)17-20-13-8-12(9-14(22-4)16(13)23-17)10-19-15-6-5-7-18(15,3)21/h8-9,11,15,19,21H,5-7,10H2,1-4H3/t15-,18+/m1/s1. The molecule has 0 aliphatic heterocycles. The summed E-state index contributed by atoms with van der Waals surface area (Å²) in [4.78, 5) is 4.57. The second-order valence-electron chi connectivity index (χ2n) is 7.04. The van der Waals surface area contributed by atoms with Gasteiger partial charge in [-0.05, 0) is 43.9 Å².